The summed E-state index contributed by atoms with van der Waals surface area (Å²) in [5, 5.41) is 2.79. The van der Waals surface area contributed by atoms with Crippen molar-refractivity contribution in [2.45, 2.75) is 39.2 Å². The lowest BCUT2D eigenvalue weighted by Gasteiger charge is -2.12. The summed E-state index contributed by atoms with van der Waals surface area (Å²) in [5.41, 5.74) is 6.92. The third-order valence-corrected chi connectivity index (χ3v) is 2.87. The van der Waals surface area contributed by atoms with Gasteiger partial charge < -0.3 is 15.8 Å². The Kier molecular flexibility index (Phi) is 6.97. The molecule has 4 heteroatoms. The van der Waals surface area contributed by atoms with Gasteiger partial charge in [-0.2, -0.15) is 0 Å². The van der Waals surface area contributed by atoms with Crippen LogP contribution >= 0.6 is 0 Å². The monoisotopic (exact) mass is 264 g/mol. The lowest BCUT2D eigenvalue weighted by molar-refractivity contribution is -0.122. The van der Waals surface area contributed by atoms with Crippen LogP contribution in [-0.2, 0) is 4.79 Å². The first kappa shape index (κ1) is 15.5. The second kappa shape index (κ2) is 8.53. The van der Waals surface area contributed by atoms with Gasteiger partial charge in [0.25, 0.3) is 0 Å². The van der Waals surface area contributed by atoms with Crippen LogP contribution in [0.5, 0.6) is 5.75 Å². The number of amides is 1. The van der Waals surface area contributed by atoms with Crippen LogP contribution in [0, 0.1) is 6.92 Å². The van der Waals surface area contributed by atoms with E-state index < -0.39 is 6.04 Å². The Balaban J connectivity index is 2.18. The highest BCUT2D eigenvalue weighted by atomic mass is 16.5. The number of nitrogens with two attached hydrogens (primary N) is 1. The Labute approximate surface area is 115 Å². The third-order valence-electron chi connectivity index (χ3n) is 2.87. The van der Waals surface area contributed by atoms with Crippen LogP contribution in [0.3, 0.4) is 0 Å². The molecule has 4 nitrogen and oxygen atoms in total. The topological polar surface area (TPSA) is 64.4 Å². The zero-order valence-corrected chi connectivity index (χ0v) is 11.8. The van der Waals surface area contributed by atoms with Crippen LogP contribution in [0.25, 0.3) is 0 Å². The SMILES string of the molecule is CCCC[C@H](N)C(=O)NCCOc1cccc(C)c1. The van der Waals surface area contributed by atoms with Gasteiger partial charge in [0.1, 0.15) is 12.4 Å². The molecule has 0 heterocycles. The predicted octanol–water partition coefficient (Wildman–Crippen LogP) is 2.01. The molecule has 0 fully saturated rings. The molecule has 0 unspecified atom stereocenters. The van der Waals surface area contributed by atoms with Crippen molar-refractivity contribution < 1.29 is 9.53 Å². The van der Waals surface area contributed by atoms with E-state index in [2.05, 4.69) is 12.2 Å². The molecule has 0 saturated carbocycles. The van der Waals surface area contributed by atoms with Gasteiger partial charge in [0, 0.05) is 0 Å². The molecular formula is C15H24N2O2. The maximum atomic E-state index is 11.6. The molecule has 0 radical (unpaired) electrons. The van der Waals surface area contributed by atoms with E-state index in [0.717, 1.165) is 30.6 Å². The van der Waals surface area contributed by atoms with Gasteiger partial charge in [0.2, 0.25) is 5.91 Å². The van der Waals surface area contributed by atoms with E-state index in [4.69, 9.17) is 10.5 Å². The minimum Gasteiger partial charge on any atom is -0.492 e. The highest BCUT2D eigenvalue weighted by Crippen LogP contribution is 2.11. The Morgan fingerprint density at radius 2 is 2.26 bits per heavy atom. The van der Waals surface area contributed by atoms with Crippen molar-refractivity contribution in [2.75, 3.05) is 13.2 Å². The summed E-state index contributed by atoms with van der Waals surface area (Å²) >= 11 is 0. The van der Waals surface area contributed by atoms with Crippen molar-refractivity contribution in [3.63, 3.8) is 0 Å². The van der Waals surface area contributed by atoms with Gasteiger partial charge >= 0.3 is 0 Å². The third kappa shape index (κ3) is 6.25. The summed E-state index contributed by atoms with van der Waals surface area (Å²) in [6.07, 6.45) is 2.77. The lowest BCUT2D eigenvalue weighted by Crippen LogP contribution is -2.42. The molecule has 0 spiro atoms. The molecule has 0 aromatic heterocycles. The number of aryl methyl sites for hydroxylation is 1. The molecule has 0 bridgehead atoms. The van der Waals surface area contributed by atoms with Crippen LogP contribution in [0.15, 0.2) is 24.3 Å². The number of benzene rings is 1. The summed E-state index contributed by atoms with van der Waals surface area (Å²) in [4.78, 5) is 11.6. The van der Waals surface area contributed by atoms with Gasteiger partial charge in [-0.1, -0.05) is 31.9 Å². The first-order valence-electron chi connectivity index (χ1n) is 6.86. The highest BCUT2D eigenvalue weighted by molar-refractivity contribution is 5.81. The van der Waals surface area contributed by atoms with Crippen LogP contribution in [0.1, 0.15) is 31.7 Å². The van der Waals surface area contributed by atoms with E-state index in [0.29, 0.717) is 13.2 Å². The minimum atomic E-state index is -0.404. The quantitative estimate of drug-likeness (QED) is 0.706. The maximum absolute atomic E-state index is 11.6. The van der Waals surface area contributed by atoms with E-state index in [1.807, 2.05) is 31.2 Å². The summed E-state index contributed by atoms with van der Waals surface area (Å²) < 4.78 is 5.54. The first-order chi connectivity index (χ1) is 9.13. The number of ether oxygens (including phenoxy) is 1. The fourth-order valence-electron chi connectivity index (χ4n) is 1.73. The number of carbonyl (C=O) groups is 1. The fraction of sp³-hybridized carbons (Fsp3) is 0.533. The highest BCUT2D eigenvalue weighted by Gasteiger charge is 2.11. The molecule has 1 atom stereocenters. The van der Waals surface area contributed by atoms with E-state index in [9.17, 15) is 4.79 Å². The Hall–Kier alpha value is -1.55. The second-order valence-corrected chi connectivity index (χ2v) is 4.70. The summed E-state index contributed by atoms with van der Waals surface area (Å²) in [5.74, 6) is 0.728. The van der Waals surface area contributed by atoms with Crippen molar-refractivity contribution in [2.24, 2.45) is 5.73 Å². The van der Waals surface area contributed by atoms with Gasteiger partial charge in [0.05, 0.1) is 12.6 Å². The molecule has 1 rings (SSSR count). The van der Waals surface area contributed by atoms with Crippen molar-refractivity contribution in [3.8, 4) is 5.75 Å². The van der Waals surface area contributed by atoms with Crippen molar-refractivity contribution in [3.05, 3.63) is 29.8 Å². The maximum Gasteiger partial charge on any atom is 0.237 e. The smallest absolute Gasteiger partial charge is 0.237 e. The summed E-state index contributed by atoms with van der Waals surface area (Å²) in [6, 6.07) is 7.43. The largest absolute Gasteiger partial charge is 0.492 e. The minimum absolute atomic E-state index is 0.0960. The molecule has 1 aromatic rings. The molecule has 19 heavy (non-hydrogen) atoms. The van der Waals surface area contributed by atoms with Crippen molar-refractivity contribution >= 4 is 5.91 Å². The average Bonchev–Trinajstić information content (AvgIpc) is 2.40. The Morgan fingerprint density at radius 1 is 1.47 bits per heavy atom. The molecular weight excluding hydrogens is 240 g/mol. The van der Waals surface area contributed by atoms with Gasteiger partial charge in [-0.25, -0.2) is 0 Å². The number of unbranched alkanes of at least 4 members (excludes halogenated alkanes) is 1. The molecule has 106 valence electrons. The molecule has 0 aliphatic heterocycles. The van der Waals surface area contributed by atoms with Crippen molar-refractivity contribution in [1.29, 1.82) is 0 Å². The standard InChI is InChI=1S/C15H24N2O2/c1-3-4-8-14(16)15(18)17-9-10-19-13-7-5-6-12(2)11-13/h5-7,11,14H,3-4,8-10,16H2,1-2H3,(H,17,18)/t14-/m0/s1. The van der Waals surface area contributed by atoms with Crippen LogP contribution in [0.4, 0.5) is 0 Å². The Morgan fingerprint density at radius 3 is 2.95 bits per heavy atom. The zero-order valence-electron chi connectivity index (χ0n) is 11.8. The lowest BCUT2D eigenvalue weighted by atomic mass is 10.1. The van der Waals surface area contributed by atoms with Crippen LogP contribution in [0.2, 0.25) is 0 Å². The zero-order chi connectivity index (χ0) is 14.1. The van der Waals surface area contributed by atoms with Crippen molar-refractivity contribution in [1.82, 2.24) is 5.32 Å². The summed E-state index contributed by atoms with van der Waals surface area (Å²) in [7, 11) is 0. The molecule has 1 amide bonds. The molecule has 0 aliphatic carbocycles. The molecule has 0 saturated heterocycles. The van der Waals surface area contributed by atoms with Gasteiger partial charge in [0.15, 0.2) is 0 Å². The van der Waals surface area contributed by atoms with Gasteiger partial charge in [-0.3, -0.25) is 4.79 Å². The van der Waals surface area contributed by atoms with Gasteiger partial charge in [-0.05, 0) is 31.0 Å². The first-order valence-corrected chi connectivity index (χ1v) is 6.86. The molecule has 3 N–H and O–H groups in total. The summed E-state index contributed by atoms with van der Waals surface area (Å²) in [6.45, 7) is 5.03. The van der Waals surface area contributed by atoms with E-state index in [-0.39, 0.29) is 5.91 Å². The van der Waals surface area contributed by atoms with Crippen LogP contribution in [-0.4, -0.2) is 25.1 Å². The van der Waals surface area contributed by atoms with E-state index >= 15 is 0 Å². The number of hydrogen-bond donors (Lipinski definition) is 2. The average molecular weight is 264 g/mol. The Bertz CT molecular complexity index is 393. The second-order valence-electron chi connectivity index (χ2n) is 4.70. The number of rotatable bonds is 8. The molecule has 0 aliphatic rings. The van der Waals surface area contributed by atoms with E-state index in [1.54, 1.807) is 0 Å². The number of nitrogens with one attached hydrogen (secondary N) is 1. The normalized spacial score (nSPS) is 11.9. The van der Waals surface area contributed by atoms with E-state index in [1.165, 1.54) is 0 Å². The fourth-order valence-corrected chi connectivity index (χ4v) is 1.73. The number of hydrogen-bond acceptors (Lipinski definition) is 3. The van der Waals surface area contributed by atoms with Crippen LogP contribution < -0.4 is 15.8 Å². The van der Waals surface area contributed by atoms with Gasteiger partial charge in [-0.15, -0.1) is 0 Å². The molecule has 1 aromatic carbocycles. The predicted molar refractivity (Wildman–Crippen MR) is 77.2 cm³/mol. The number of carbonyl (C=O) groups excluding carboxylic acids is 1.